The van der Waals surface area contributed by atoms with Gasteiger partial charge in [-0.3, -0.25) is 9.59 Å². The smallest absolute Gasteiger partial charge is 0.259 e. The van der Waals surface area contributed by atoms with Gasteiger partial charge in [-0.15, -0.1) is 11.8 Å². The Bertz CT molecular complexity index is 921. The number of rotatable bonds is 6. The van der Waals surface area contributed by atoms with Gasteiger partial charge in [0.1, 0.15) is 0 Å². The maximum atomic E-state index is 12.8. The van der Waals surface area contributed by atoms with Crippen molar-refractivity contribution < 1.29 is 19.1 Å². The fourth-order valence-electron chi connectivity index (χ4n) is 2.75. The molecule has 28 heavy (non-hydrogen) atoms. The van der Waals surface area contributed by atoms with Gasteiger partial charge >= 0.3 is 0 Å². The van der Waals surface area contributed by atoms with E-state index in [1.165, 1.54) is 4.90 Å². The predicted octanol–water partition coefficient (Wildman–Crippen LogP) is 3.92. The second-order valence-corrected chi connectivity index (χ2v) is 7.52. The average Bonchev–Trinajstić information content (AvgIpc) is 2.69. The Morgan fingerprint density at radius 3 is 2.68 bits per heavy atom. The van der Waals surface area contributed by atoms with E-state index in [0.717, 1.165) is 21.6 Å². The number of ketones is 1. The van der Waals surface area contributed by atoms with Crippen LogP contribution in [-0.4, -0.2) is 49.7 Å². The minimum atomic E-state index is -0.128. The van der Waals surface area contributed by atoms with Gasteiger partial charge in [-0.2, -0.15) is 0 Å². The van der Waals surface area contributed by atoms with Gasteiger partial charge in [0.2, 0.25) is 0 Å². The Kier molecular flexibility index (Phi) is 6.41. The quantitative estimate of drug-likeness (QED) is 0.692. The zero-order valence-corrected chi connectivity index (χ0v) is 17.0. The zero-order chi connectivity index (χ0) is 20.1. The van der Waals surface area contributed by atoms with Crippen LogP contribution in [0, 0.1) is 0 Å². The summed E-state index contributed by atoms with van der Waals surface area (Å²) in [4.78, 5) is 27.0. The van der Waals surface area contributed by atoms with E-state index in [9.17, 15) is 9.59 Å². The minimum Gasteiger partial charge on any atom is -0.490 e. The Balaban J connectivity index is 1.83. The molecular formula is C22H23NO4S. The summed E-state index contributed by atoms with van der Waals surface area (Å²) in [6, 6.07) is 13.1. The summed E-state index contributed by atoms with van der Waals surface area (Å²) in [5.74, 6) is 1.63. The third-order valence-corrected chi connectivity index (χ3v) is 5.39. The van der Waals surface area contributed by atoms with E-state index in [4.69, 9.17) is 9.47 Å². The molecular weight excluding hydrogens is 374 g/mol. The van der Waals surface area contributed by atoms with Crippen molar-refractivity contribution in [3.63, 3.8) is 0 Å². The van der Waals surface area contributed by atoms with Gasteiger partial charge in [0.15, 0.2) is 23.9 Å². The van der Waals surface area contributed by atoms with Gasteiger partial charge in [-0.25, -0.2) is 0 Å². The van der Waals surface area contributed by atoms with E-state index in [1.54, 1.807) is 31.9 Å². The van der Waals surface area contributed by atoms with Gasteiger partial charge in [-0.05, 0) is 42.8 Å². The topological polar surface area (TPSA) is 55.8 Å². The number of hydrogen-bond acceptors (Lipinski definition) is 5. The van der Waals surface area contributed by atoms with E-state index in [1.807, 2.05) is 49.4 Å². The summed E-state index contributed by atoms with van der Waals surface area (Å²) in [6.45, 7) is 2.30. The second-order valence-electron chi connectivity index (χ2n) is 6.50. The number of nitrogens with zero attached hydrogens (tertiary/aromatic N) is 1. The highest BCUT2D eigenvalue weighted by atomic mass is 32.2. The van der Waals surface area contributed by atoms with Crippen molar-refractivity contribution in [2.45, 2.75) is 11.8 Å². The van der Waals surface area contributed by atoms with Crippen LogP contribution in [0.5, 0.6) is 11.5 Å². The molecule has 0 unspecified atom stereocenters. The number of benzene rings is 2. The van der Waals surface area contributed by atoms with E-state index >= 15 is 0 Å². The van der Waals surface area contributed by atoms with Gasteiger partial charge in [0.25, 0.3) is 5.91 Å². The Morgan fingerprint density at radius 2 is 1.93 bits per heavy atom. The van der Waals surface area contributed by atoms with Gasteiger partial charge in [0.05, 0.1) is 6.61 Å². The SMILES string of the molecule is CCOc1cc(C=C2CSc3ccccc3C2=O)ccc1OCC(=O)N(C)C. The maximum Gasteiger partial charge on any atom is 0.259 e. The first-order valence-electron chi connectivity index (χ1n) is 9.06. The number of fused-ring (bicyclic) bond motifs is 1. The highest BCUT2D eigenvalue weighted by Crippen LogP contribution is 2.34. The summed E-state index contributed by atoms with van der Waals surface area (Å²) < 4.78 is 11.3. The monoisotopic (exact) mass is 397 g/mol. The van der Waals surface area contributed by atoms with Crippen LogP contribution in [0.1, 0.15) is 22.8 Å². The summed E-state index contributed by atoms with van der Waals surface area (Å²) in [5, 5.41) is 0. The van der Waals surface area contributed by atoms with Crippen LogP contribution in [-0.2, 0) is 4.79 Å². The van der Waals surface area contributed by atoms with Crippen LogP contribution >= 0.6 is 11.8 Å². The maximum absolute atomic E-state index is 12.8. The van der Waals surface area contributed by atoms with Crippen LogP contribution in [0.4, 0.5) is 0 Å². The number of thioether (sulfide) groups is 1. The Labute approximate surface area is 169 Å². The Morgan fingerprint density at radius 1 is 1.14 bits per heavy atom. The van der Waals surface area contributed by atoms with E-state index < -0.39 is 0 Å². The molecule has 0 aliphatic carbocycles. The summed E-state index contributed by atoms with van der Waals surface area (Å²) in [6.07, 6.45) is 1.89. The lowest BCUT2D eigenvalue weighted by molar-refractivity contribution is -0.130. The third kappa shape index (κ3) is 4.57. The number of ether oxygens (including phenoxy) is 2. The van der Waals surface area contributed by atoms with Gasteiger partial charge in [0, 0.05) is 35.9 Å². The lowest BCUT2D eigenvalue weighted by Gasteiger charge is -2.17. The first-order chi connectivity index (χ1) is 13.5. The molecule has 0 aromatic heterocycles. The van der Waals surface area contributed by atoms with Crippen LogP contribution < -0.4 is 9.47 Å². The van der Waals surface area contributed by atoms with Crippen molar-refractivity contribution in [3.05, 3.63) is 59.2 Å². The molecule has 0 N–H and O–H groups in total. The molecule has 146 valence electrons. The molecule has 0 radical (unpaired) electrons. The number of likely N-dealkylation sites (N-methyl/N-ethyl adjacent to an activating group) is 1. The number of hydrogen-bond donors (Lipinski definition) is 0. The van der Waals surface area contributed by atoms with Crippen molar-refractivity contribution in [2.24, 2.45) is 0 Å². The first kappa shape index (κ1) is 20.0. The second kappa shape index (κ2) is 8.97. The number of carbonyl (C=O) groups excluding carboxylic acids is 2. The predicted molar refractivity (Wildman–Crippen MR) is 111 cm³/mol. The molecule has 1 aliphatic rings. The molecule has 2 aromatic carbocycles. The molecule has 0 saturated heterocycles. The summed E-state index contributed by atoms with van der Waals surface area (Å²) in [7, 11) is 3.36. The molecule has 1 amide bonds. The number of amides is 1. The average molecular weight is 397 g/mol. The van der Waals surface area contributed by atoms with Gasteiger partial charge < -0.3 is 14.4 Å². The molecule has 0 saturated carbocycles. The van der Waals surface area contributed by atoms with Crippen molar-refractivity contribution in [1.82, 2.24) is 4.90 Å². The van der Waals surface area contributed by atoms with Crippen LogP contribution in [0.15, 0.2) is 52.9 Å². The highest BCUT2D eigenvalue weighted by molar-refractivity contribution is 7.99. The number of carbonyl (C=O) groups is 2. The molecule has 1 heterocycles. The molecule has 0 spiro atoms. The van der Waals surface area contributed by atoms with Crippen molar-refractivity contribution in [1.29, 1.82) is 0 Å². The van der Waals surface area contributed by atoms with Gasteiger partial charge in [-0.1, -0.05) is 18.2 Å². The highest BCUT2D eigenvalue weighted by Gasteiger charge is 2.22. The van der Waals surface area contributed by atoms with Crippen molar-refractivity contribution in [3.8, 4) is 11.5 Å². The van der Waals surface area contributed by atoms with Crippen LogP contribution in [0.2, 0.25) is 0 Å². The Hall–Kier alpha value is -2.73. The normalized spacial score (nSPS) is 14.5. The summed E-state index contributed by atoms with van der Waals surface area (Å²) >= 11 is 1.66. The zero-order valence-electron chi connectivity index (χ0n) is 16.2. The van der Waals surface area contributed by atoms with E-state index in [0.29, 0.717) is 23.9 Å². The van der Waals surface area contributed by atoms with Crippen LogP contribution in [0.3, 0.4) is 0 Å². The molecule has 3 rings (SSSR count). The van der Waals surface area contributed by atoms with Crippen molar-refractivity contribution in [2.75, 3.05) is 33.1 Å². The number of Topliss-reactive ketones (excluding diaryl/α,β-unsaturated/α-hetero) is 1. The molecule has 0 atom stereocenters. The fraction of sp³-hybridized carbons (Fsp3) is 0.273. The molecule has 1 aliphatic heterocycles. The lowest BCUT2D eigenvalue weighted by atomic mass is 10.0. The molecule has 2 aromatic rings. The first-order valence-corrected chi connectivity index (χ1v) is 10.0. The minimum absolute atomic E-state index is 0.0561. The standard InChI is InChI=1S/C22H23NO4S/c1-4-26-19-12-15(9-10-18(19)27-13-21(24)23(2)3)11-16-14-28-20-8-6-5-7-17(20)22(16)25/h5-12H,4,13-14H2,1-3H3. The fourth-order valence-corrected chi connectivity index (χ4v) is 3.77. The lowest BCUT2D eigenvalue weighted by Crippen LogP contribution is -2.27. The molecule has 5 nitrogen and oxygen atoms in total. The van der Waals surface area contributed by atoms with Crippen molar-refractivity contribution >= 4 is 29.5 Å². The molecule has 6 heteroatoms. The third-order valence-electron chi connectivity index (χ3n) is 4.26. The van der Waals surface area contributed by atoms with Crippen LogP contribution in [0.25, 0.3) is 6.08 Å². The molecule has 0 fully saturated rings. The molecule has 0 bridgehead atoms. The summed E-state index contributed by atoms with van der Waals surface area (Å²) in [5.41, 5.74) is 2.36. The van der Waals surface area contributed by atoms with E-state index in [-0.39, 0.29) is 18.3 Å². The largest absolute Gasteiger partial charge is 0.490 e. The van der Waals surface area contributed by atoms with E-state index in [2.05, 4.69) is 0 Å².